The highest BCUT2D eigenvalue weighted by Gasteiger charge is 2.17. The number of hydrogen-bond donors (Lipinski definition) is 1. The molecule has 0 aliphatic carbocycles. The number of pyridine rings is 1. The van der Waals surface area contributed by atoms with Crippen LogP contribution in [0.1, 0.15) is 5.56 Å². The number of ether oxygens (including phenoxy) is 2. The number of nitriles is 1. The van der Waals surface area contributed by atoms with Crippen molar-refractivity contribution in [3.05, 3.63) is 48.2 Å². The van der Waals surface area contributed by atoms with E-state index < -0.39 is 0 Å². The molecule has 126 valence electrons. The number of aryl methyl sites for hydroxylation is 1. The maximum absolute atomic E-state index is 9.51. The van der Waals surface area contributed by atoms with Crippen LogP contribution in [0.3, 0.4) is 0 Å². The van der Waals surface area contributed by atoms with Crippen LogP contribution in [0.4, 0.5) is 5.82 Å². The Bertz CT molecular complexity index is 970. The van der Waals surface area contributed by atoms with Gasteiger partial charge in [-0.3, -0.25) is 0 Å². The molecule has 0 bridgehead atoms. The Morgan fingerprint density at radius 2 is 1.92 bits per heavy atom. The molecule has 0 fully saturated rings. The molecule has 0 atom stereocenters. The first kappa shape index (κ1) is 16.4. The molecule has 0 saturated heterocycles. The van der Waals surface area contributed by atoms with Gasteiger partial charge in [0.1, 0.15) is 28.9 Å². The molecular formula is C19H18N4O2. The number of methoxy groups -OCH3 is 2. The normalized spacial score (nSPS) is 10.3. The summed E-state index contributed by atoms with van der Waals surface area (Å²) in [5.74, 6) is 1.51. The molecule has 0 aliphatic heterocycles. The molecule has 3 rings (SSSR count). The molecule has 2 heterocycles. The summed E-state index contributed by atoms with van der Waals surface area (Å²) in [6, 6.07) is 13.3. The van der Waals surface area contributed by atoms with Crippen molar-refractivity contribution < 1.29 is 9.47 Å². The minimum absolute atomic E-state index is 0.182. The molecule has 1 aromatic carbocycles. The molecule has 25 heavy (non-hydrogen) atoms. The molecule has 2 N–H and O–H groups in total. The Labute approximate surface area is 146 Å². The summed E-state index contributed by atoms with van der Waals surface area (Å²) in [6.07, 6.45) is 1.92. The second kappa shape index (κ2) is 6.57. The van der Waals surface area contributed by atoms with E-state index in [2.05, 4.69) is 11.1 Å². The molecule has 0 saturated carbocycles. The van der Waals surface area contributed by atoms with Crippen molar-refractivity contribution in [1.29, 1.82) is 5.26 Å². The van der Waals surface area contributed by atoms with Gasteiger partial charge in [0.15, 0.2) is 0 Å². The Hall–Kier alpha value is -3.46. The highest BCUT2D eigenvalue weighted by Crippen LogP contribution is 2.36. The summed E-state index contributed by atoms with van der Waals surface area (Å²) in [4.78, 5) is 4.41. The Balaban J connectivity index is 2.28. The first-order chi connectivity index (χ1) is 12.1. The van der Waals surface area contributed by atoms with E-state index in [0.717, 1.165) is 16.8 Å². The number of aromatic nitrogens is 2. The summed E-state index contributed by atoms with van der Waals surface area (Å²) in [6.45, 7) is 0. The molecule has 6 nitrogen and oxygen atoms in total. The first-order valence-corrected chi connectivity index (χ1v) is 7.63. The van der Waals surface area contributed by atoms with E-state index in [1.54, 1.807) is 14.2 Å². The lowest BCUT2D eigenvalue weighted by atomic mass is 10.0. The highest BCUT2D eigenvalue weighted by molar-refractivity contribution is 5.81. The van der Waals surface area contributed by atoms with Gasteiger partial charge >= 0.3 is 0 Å². The van der Waals surface area contributed by atoms with Crippen molar-refractivity contribution in [3.63, 3.8) is 0 Å². The van der Waals surface area contributed by atoms with E-state index in [9.17, 15) is 5.26 Å². The zero-order valence-corrected chi connectivity index (χ0v) is 14.3. The standard InChI is InChI=1S/C19H18N4O2/c1-23-8-4-5-17(23)13-10-16(22-19(21)15(13)11-20)14-9-12(24-2)6-7-18(14)25-3/h4-10H,1-3H3,(H2,21,22). The molecule has 0 amide bonds. The van der Waals surface area contributed by atoms with Crippen LogP contribution >= 0.6 is 0 Å². The SMILES string of the molecule is COc1ccc(OC)c(-c2cc(-c3cccn3C)c(C#N)c(N)n2)c1. The van der Waals surface area contributed by atoms with Gasteiger partial charge < -0.3 is 19.8 Å². The third-order valence-corrected chi connectivity index (χ3v) is 4.06. The minimum atomic E-state index is 0.182. The van der Waals surface area contributed by atoms with Gasteiger partial charge in [-0.25, -0.2) is 4.98 Å². The van der Waals surface area contributed by atoms with Crippen molar-refractivity contribution in [1.82, 2.24) is 9.55 Å². The van der Waals surface area contributed by atoms with Gasteiger partial charge in [-0.05, 0) is 36.4 Å². The van der Waals surface area contributed by atoms with Crippen molar-refractivity contribution in [2.75, 3.05) is 20.0 Å². The van der Waals surface area contributed by atoms with Crippen LogP contribution < -0.4 is 15.2 Å². The fraction of sp³-hybridized carbons (Fsp3) is 0.158. The molecule has 0 unspecified atom stereocenters. The second-order valence-corrected chi connectivity index (χ2v) is 5.50. The number of nitrogen functional groups attached to an aromatic ring is 1. The van der Waals surface area contributed by atoms with Crippen LogP contribution in [0.5, 0.6) is 11.5 Å². The third-order valence-electron chi connectivity index (χ3n) is 4.06. The fourth-order valence-electron chi connectivity index (χ4n) is 2.78. The van der Waals surface area contributed by atoms with Crippen LogP contribution in [0.2, 0.25) is 0 Å². The largest absolute Gasteiger partial charge is 0.497 e. The molecule has 0 radical (unpaired) electrons. The van der Waals surface area contributed by atoms with Crippen molar-refractivity contribution in [2.45, 2.75) is 0 Å². The quantitative estimate of drug-likeness (QED) is 0.791. The van der Waals surface area contributed by atoms with Gasteiger partial charge in [-0.2, -0.15) is 5.26 Å². The lowest BCUT2D eigenvalue weighted by molar-refractivity contribution is 0.404. The number of rotatable bonds is 4. The Kier molecular flexibility index (Phi) is 4.31. The fourth-order valence-corrected chi connectivity index (χ4v) is 2.78. The van der Waals surface area contributed by atoms with Gasteiger partial charge in [0.2, 0.25) is 0 Å². The average Bonchev–Trinajstić information content (AvgIpc) is 3.06. The molecule has 3 aromatic rings. The lowest BCUT2D eigenvalue weighted by Gasteiger charge is -2.14. The lowest BCUT2D eigenvalue weighted by Crippen LogP contribution is -2.02. The smallest absolute Gasteiger partial charge is 0.142 e. The summed E-state index contributed by atoms with van der Waals surface area (Å²) >= 11 is 0. The third kappa shape index (κ3) is 2.88. The number of anilines is 1. The summed E-state index contributed by atoms with van der Waals surface area (Å²) in [5.41, 5.74) is 9.39. The molecular weight excluding hydrogens is 316 g/mol. The topological polar surface area (TPSA) is 86.1 Å². The Morgan fingerprint density at radius 3 is 2.52 bits per heavy atom. The molecule has 0 aliphatic rings. The number of hydrogen-bond acceptors (Lipinski definition) is 5. The maximum atomic E-state index is 9.51. The van der Waals surface area contributed by atoms with Gasteiger partial charge in [0.25, 0.3) is 0 Å². The monoisotopic (exact) mass is 334 g/mol. The average molecular weight is 334 g/mol. The van der Waals surface area contributed by atoms with Gasteiger partial charge in [-0.15, -0.1) is 0 Å². The van der Waals surface area contributed by atoms with Crippen LogP contribution in [-0.2, 0) is 7.05 Å². The maximum Gasteiger partial charge on any atom is 0.142 e. The van der Waals surface area contributed by atoms with Crippen LogP contribution in [0, 0.1) is 11.3 Å². The van der Waals surface area contributed by atoms with Crippen LogP contribution in [-0.4, -0.2) is 23.8 Å². The van der Waals surface area contributed by atoms with Gasteiger partial charge in [0.05, 0.1) is 19.9 Å². The van der Waals surface area contributed by atoms with Crippen molar-refractivity contribution in [3.8, 4) is 40.1 Å². The zero-order valence-electron chi connectivity index (χ0n) is 14.3. The predicted molar refractivity (Wildman–Crippen MR) is 96.3 cm³/mol. The molecule has 6 heteroatoms. The summed E-state index contributed by atoms with van der Waals surface area (Å²) < 4.78 is 12.7. The van der Waals surface area contributed by atoms with E-state index in [4.69, 9.17) is 15.2 Å². The number of nitrogens with zero attached hydrogens (tertiary/aromatic N) is 3. The van der Waals surface area contributed by atoms with E-state index in [1.165, 1.54) is 0 Å². The Morgan fingerprint density at radius 1 is 1.12 bits per heavy atom. The predicted octanol–water partition coefficient (Wildman–Crippen LogP) is 3.23. The molecule has 0 spiro atoms. The van der Waals surface area contributed by atoms with Gasteiger partial charge in [-0.1, -0.05) is 0 Å². The summed E-state index contributed by atoms with van der Waals surface area (Å²) in [7, 11) is 5.11. The van der Waals surface area contributed by atoms with Gasteiger partial charge in [0, 0.05) is 30.1 Å². The number of nitrogens with two attached hydrogens (primary N) is 1. The first-order valence-electron chi connectivity index (χ1n) is 7.63. The second-order valence-electron chi connectivity index (χ2n) is 5.50. The van der Waals surface area contributed by atoms with E-state index >= 15 is 0 Å². The zero-order chi connectivity index (χ0) is 18.0. The van der Waals surface area contributed by atoms with Crippen molar-refractivity contribution in [2.24, 2.45) is 7.05 Å². The molecule has 2 aromatic heterocycles. The minimum Gasteiger partial charge on any atom is -0.497 e. The van der Waals surface area contributed by atoms with E-state index in [0.29, 0.717) is 22.8 Å². The van der Waals surface area contributed by atoms with E-state index in [1.807, 2.05) is 54.2 Å². The summed E-state index contributed by atoms with van der Waals surface area (Å²) in [5, 5.41) is 9.51. The van der Waals surface area contributed by atoms with Crippen LogP contribution in [0.25, 0.3) is 22.5 Å². The van der Waals surface area contributed by atoms with E-state index in [-0.39, 0.29) is 5.82 Å². The highest BCUT2D eigenvalue weighted by atomic mass is 16.5. The van der Waals surface area contributed by atoms with Crippen molar-refractivity contribution >= 4 is 5.82 Å². The number of benzene rings is 1. The van der Waals surface area contributed by atoms with Crippen LogP contribution in [0.15, 0.2) is 42.6 Å².